The average molecular weight is 264 g/mol. The smallest absolute Gasteiger partial charge is 0.404 e. The van der Waals surface area contributed by atoms with Crippen molar-refractivity contribution < 1.29 is 14.3 Å². The van der Waals surface area contributed by atoms with Crippen molar-refractivity contribution in [3.05, 3.63) is 58.5 Å². The molecule has 0 fully saturated rings. The van der Waals surface area contributed by atoms with Crippen LogP contribution >= 0.6 is 11.6 Å². The van der Waals surface area contributed by atoms with E-state index in [2.05, 4.69) is 4.74 Å². The molecule has 0 aliphatic heterocycles. The third-order valence-corrected chi connectivity index (χ3v) is 2.74. The van der Waals surface area contributed by atoms with Gasteiger partial charge in [0.1, 0.15) is 0 Å². The monoisotopic (exact) mass is 263 g/mol. The Bertz CT molecular complexity index is 581. The molecule has 0 unspecified atom stereocenters. The highest BCUT2D eigenvalue weighted by atomic mass is 35.5. The van der Waals surface area contributed by atoms with Crippen LogP contribution < -0.4 is 4.73 Å². The quantitative estimate of drug-likeness (QED) is 0.475. The predicted molar refractivity (Wildman–Crippen MR) is 67.2 cm³/mol. The molecular formula is C13H10ClNO3. The number of carbonyl (C=O) groups excluding carboxylic acids is 1. The van der Waals surface area contributed by atoms with E-state index in [0.717, 1.165) is 5.56 Å². The lowest BCUT2D eigenvalue weighted by atomic mass is 10.1. The van der Waals surface area contributed by atoms with Crippen LogP contribution in [0.15, 0.2) is 42.6 Å². The first-order valence-corrected chi connectivity index (χ1v) is 5.57. The summed E-state index contributed by atoms with van der Waals surface area (Å²) in [6.07, 6.45) is 1.33. The van der Waals surface area contributed by atoms with E-state index >= 15 is 0 Å². The maximum atomic E-state index is 11.7. The number of aromatic nitrogens is 1. The SMILES string of the molecule is COC(=O)c1ccc(-c2ccc(Cl)cc2)c[n+]1[O-]. The molecule has 1 aromatic carbocycles. The van der Waals surface area contributed by atoms with Crippen molar-refractivity contribution in [3.63, 3.8) is 0 Å². The second kappa shape index (κ2) is 5.06. The van der Waals surface area contributed by atoms with Gasteiger partial charge in [-0.2, -0.15) is 4.73 Å². The first kappa shape index (κ1) is 12.4. The van der Waals surface area contributed by atoms with E-state index in [0.29, 0.717) is 15.3 Å². The Hall–Kier alpha value is -2.07. The van der Waals surface area contributed by atoms with Crippen LogP contribution in [-0.4, -0.2) is 13.1 Å². The zero-order valence-corrected chi connectivity index (χ0v) is 10.3. The van der Waals surface area contributed by atoms with Gasteiger partial charge in [0.2, 0.25) is 0 Å². The molecule has 1 aromatic heterocycles. The Balaban J connectivity index is 2.40. The first-order valence-electron chi connectivity index (χ1n) is 5.19. The molecule has 0 bridgehead atoms. The van der Waals surface area contributed by atoms with Crippen molar-refractivity contribution in [2.75, 3.05) is 7.11 Å². The van der Waals surface area contributed by atoms with Crippen LogP contribution in [0.4, 0.5) is 0 Å². The number of ether oxygens (including phenoxy) is 1. The summed E-state index contributed by atoms with van der Waals surface area (Å²) in [4.78, 5) is 11.3. The highest BCUT2D eigenvalue weighted by molar-refractivity contribution is 6.30. The fourth-order valence-corrected chi connectivity index (χ4v) is 1.68. The minimum absolute atomic E-state index is 0.0461. The summed E-state index contributed by atoms with van der Waals surface area (Å²) in [5, 5.41) is 12.3. The van der Waals surface area contributed by atoms with Crippen LogP contribution in [0.1, 0.15) is 10.5 Å². The second-order valence-corrected chi connectivity index (χ2v) is 4.06. The van der Waals surface area contributed by atoms with E-state index in [1.54, 1.807) is 30.3 Å². The molecule has 0 aliphatic rings. The Labute approximate surface area is 109 Å². The van der Waals surface area contributed by atoms with Crippen LogP contribution in [0.3, 0.4) is 0 Å². The summed E-state index contributed by atoms with van der Waals surface area (Å²) in [5.41, 5.74) is 1.50. The highest BCUT2D eigenvalue weighted by Crippen LogP contribution is 2.20. The third kappa shape index (κ3) is 2.43. The fourth-order valence-electron chi connectivity index (χ4n) is 1.56. The number of hydrogen-bond acceptors (Lipinski definition) is 3. The Morgan fingerprint density at radius 2 is 1.78 bits per heavy atom. The predicted octanol–water partition coefficient (Wildman–Crippen LogP) is 2.43. The molecule has 1 heterocycles. The lowest BCUT2D eigenvalue weighted by molar-refractivity contribution is -0.607. The van der Waals surface area contributed by atoms with Gasteiger partial charge in [0.05, 0.1) is 7.11 Å². The van der Waals surface area contributed by atoms with Gasteiger partial charge in [-0.05, 0) is 23.8 Å². The number of nitrogens with zero attached hydrogens (tertiary/aromatic N) is 1. The van der Waals surface area contributed by atoms with Gasteiger partial charge in [0.15, 0.2) is 6.20 Å². The number of carbonyl (C=O) groups is 1. The minimum atomic E-state index is -0.660. The van der Waals surface area contributed by atoms with Crippen LogP contribution in [0.2, 0.25) is 5.02 Å². The van der Waals surface area contributed by atoms with Crippen molar-refractivity contribution in [2.45, 2.75) is 0 Å². The number of hydrogen-bond donors (Lipinski definition) is 0. The molecule has 0 spiro atoms. The number of halogens is 1. The molecule has 5 heteroatoms. The van der Waals surface area contributed by atoms with E-state index in [9.17, 15) is 10.0 Å². The van der Waals surface area contributed by atoms with Crippen LogP contribution in [0.25, 0.3) is 11.1 Å². The number of benzene rings is 1. The van der Waals surface area contributed by atoms with Gasteiger partial charge in [0, 0.05) is 16.7 Å². The van der Waals surface area contributed by atoms with Gasteiger partial charge in [0.25, 0.3) is 0 Å². The normalized spacial score (nSPS) is 10.1. The van der Waals surface area contributed by atoms with Crippen molar-refractivity contribution in [3.8, 4) is 11.1 Å². The lowest BCUT2D eigenvalue weighted by Gasteiger charge is -2.05. The molecule has 0 atom stereocenters. The van der Waals surface area contributed by atoms with Crippen LogP contribution in [0.5, 0.6) is 0 Å². The van der Waals surface area contributed by atoms with Gasteiger partial charge in [-0.1, -0.05) is 23.7 Å². The van der Waals surface area contributed by atoms with E-state index in [1.807, 2.05) is 0 Å². The van der Waals surface area contributed by atoms with Gasteiger partial charge in [-0.15, -0.1) is 0 Å². The van der Waals surface area contributed by atoms with E-state index in [-0.39, 0.29) is 5.69 Å². The summed E-state index contributed by atoms with van der Waals surface area (Å²) in [5.74, 6) is -0.660. The van der Waals surface area contributed by atoms with Crippen molar-refractivity contribution >= 4 is 17.6 Å². The highest BCUT2D eigenvalue weighted by Gasteiger charge is 2.16. The topological polar surface area (TPSA) is 53.2 Å². The number of methoxy groups -OCH3 is 1. The molecule has 2 rings (SSSR count). The summed E-state index contributed by atoms with van der Waals surface area (Å²) < 4.78 is 5.00. The largest absolute Gasteiger partial charge is 0.618 e. The van der Waals surface area contributed by atoms with Gasteiger partial charge in [-0.25, -0.2) is 4.79 Å². The van der Waals surface area contributed by atoms with Crippen LogP contribution in [0, 0.1) is 5.21 Å². The zero-order valence-electron chi connectivity index (χ0n) is 9.59. The lowest BCUT2D eigenvalue weighted by Crippen LogP contribution is -2.34. The molecule has 18 heavy (non-hydrogen) atoms. The summed E-state index contributed by atoms with van der Waals surface area (Å²) in [6, 6.07) is 10.2. The van der Waals surface area contributed by atoms with Crippen molar-refractivity contribution in [1.29, 1.82) is 0 Å². The molecule has 2 aromatic rings. The van der Waals surface area contributed by atoms with Gasteiger partial charge in [-0.3, -0.25) is 0 Å². The summed E-state index contributed by atoms with van der Waals surface area (Å²) >= 11 is 5.79. The maximum Gasteiger partial charge on any atom is 0.404 e. The fraction of sp³-hybridized carbons (Fsp3) is 0.0769. The number of pyridine rings is 1. The summed E-state index contributed by atoms with van der Waals surface area (Å²) in [6.45, 7) is 0. The first-order chi connectivity index (χ1) is 8.61. The molecule has 0 radical (unpaired) electrons. The Morgan fingerprint density at radius 1 is 1.17 bits per heavy atom. The molecule has 0 saturated heterocycles. The molecule has 4 nitrogen and oxygen atoms in total. The minimum Gasteiger partial charge on any atom is -0.618 e. The van der Waals surface area contributed by atoms with Gasteiger partial charge < -0.3 is 9.94 Å². The molecule has 92 valence electrons. The molecular weight excluding hydrogens is 254 g/mol. The molecule has 0 saturated carbocycles. The van der Waals surface area contributed by atoms with Gasteiger partial charge >= 0.3 is 11.7 Å². The third-order valence-electron chi connectivity index (χ3n) is 2.49. The second-order valence-electron chi connectivity index (χ2n) is 3.63. The van der Waals surface area contributed by atoms with E-state index in [4.69, 9.17) is 11.6 Å². The number of esters is 1. The molecule has 0 amide bonds. The van der Waals surface area contributed by atoms with Crippen LogP contribution in [-0.2, 0) is 4.74 Å². The zero-order chi connectivity index (χ0) is 13.1. The van der Waals surface area contributed by atoms with Crippen molar-refractivity contribution in [2.24, 2.45) is 0 Å². The summed E-state index contributed by atoms with van der Waals surface area (Å²) in [7, 11) is 1.23. The standard InChI is InChI=1S/C13H10ClNO3/c1-18-13(16)12-7-4-10(8-15(12)17)9-2-5-11(14)6-3-9/h2-8H,1H3. The maximum absolute atomic E-state index is 11.7. The average Bonchev–Trinajstić information content (AvgIpc) is 2.38. The van der Waals surface area contributed by atoms with E-state index < -0.39 is 5.97 Å². The Morgan fingerprint density at radius 3 is 2.33 bits per heavy atom. The molecule has 0 aliphatic carbocycles. The molecule has 0 N–H and O–H groups in total. The van der Waals surface area contributed by atoms with Crippen molar-refractivity contribution in [1.82, 2.24) is 0 Å². The Kier molecular flexibility index (Phi) is 3.48. The van der Waals surface area contributed by atoms with E-state index in [1.165, 1.54) is 19.4 Å². The number of rotatable bonds is 2.